The summed E-state index contributed by atoms with van der Waals surface area (Å²) in [5.74, 6) is -0.0100. The molecular weight excluding hydrogens is 248 g/mol. The van der Waals surface area contributed by atoms with Crippen LogP contribution in [0.2, 0.25) is 0 Å². The summed E-state index contributed by atoms with van der Waals surface area (Å²) >= 11 is 0. The van der Waals surface area contributed by atoms with Crippen LogP contribution in [0.5, 0.6) is 17.2 Å². The van der Waals surface area contributed by atoms with Gasteiger partial charge in [-0.3, -0.25) is 4.79 Å². The van der Waals surface area contributed by atoms with Gasteiger partial charge in [0.2, 0.25) is 5.43 Å². The van der Waals surface area contributed by atoms with Gasteiger partial charge in [-0.1, -0.05) is 6.07 Å². The zero-order valence-corrected chi connectivity index (χ0v) is 10.0. The molecule has 0 fully saturated rings. The first-order chi connectivity index (χ1) is 9.11. The van der Waals surface area contributed by atoms with Gasteiger partial charge in [0.15, 0.2) is 0 Å². The maximum atomic E-state index is 12.4. The Morgan fingerprint density at radius 2 is 1.89 bits per heavy atom. The molecule has 2 N–H and O–H groups in total. The molecule has 0 saturated carbocycles. The fourth-order valence-electron chi connectivity index (χ4n) is 2.12. The number of methoxy groups -OCH3 is 1. The first-order valence-corrected chi connectivity index (χ1v) is 5.57. The van der Waals surface area contributed by atoms with E-state index in [0.717, 1.165) is 0 Å². The van der Waals surface area contributed by atoms with Crippen LogP contribution < -0.4 is 10.2 Å². The molecule has 0 unspecified atom stereocenters. The molecule has 0 aliphatic carbocycles. The van der Waals surface area contributed by atoms with Gasteiger partial charge in [0.05, 0.1) is 7.11 Å². The summed E-state index contributed by atoms with van der Waals surface area (Å²) in [6.45, 7) is 0. The number of hydrogen-bond acceptors (Lipinski definition) is 5. The van der Waals surface area contributed by atoms with Gasteiger partial charge >= 0.3 is 0 Å². The number of phenols is 2. The number of rotatable bonds is 1. The average Bonchev–Trinajstić information content (AvgIpc) is 2.37. The van der Waals surface area contributed by atoms with Crippen LogP contribution in [0, 0.1) is 0 Å². The Bertz CT molecular complexity index is 848. The number of aromatic hydroxyl groups is 2. The lowest BCUT2D eigenvalue weighted by Gasteiger charge is -2.07. The Morgan fingerprint density at radius 3 is 2.63 bits per heavy atom. The van der Waals surface area contributed by atoms with E-state index in [0.29, 0.717) is 0 Å². The second-order valence-electron chi connectivity index (χ2n) is 4.10. The van der Waals surface area contributed by atoms with Gasteiger partial charge in [0, 0.05) is 12.1 Å². The van der Waals surface area contributed by atoms with Crippen molar-refractivity contribution in [3.63, 3.8) is 0 Å². The van der Waals surface area contributed by atoms with Crippen molar-refractivity contribution in [2.24, 2.45) is 0 Å². The lowest BCUT2D eigenvalue weighted by molar-refractivity contribution is 0.411. The van der Waals surface area contributed by atoms with Crippen molar-refractivity contribution in [2.45, 2.75) is 0 Å². The predicted molar refractivity (Wildman–Crippen MR) is 69.9 cm³/mol. The monoisotopic (exact) mass is 258 g/mol. The van der Waals surface area contributed by atoms with E-state index in [4.69, 9.17) is 9.15 Å². The topological polar surface area (TPSA) is 79.9 Å². The third-order valence-corrected chi connectivity index (χ3v) is 2.95. The highest BCUT2D eigenvalue weighted by molar-refractivity contribution is 5.96. The summed E-state index contributed by atoms with van der Waals surface area (Å²) < 4.78 is 10.6. The zero-order chi connectivity index (χ0) is 13.6. The molecule has 5 heteroatoms. The first kappa shape index (κ1) is 11.4. The normalized spacial score (nSPS) is 11.0. The van der Waals surface area contributed by atoms with Crippen LogP contribution >= 0.6 is 0 Å². The van der Waals surface area contributed by atoms with Crippen molar-refractivity contribution < 1.29 is 19.4 Å². The van der Waals surface area contributed by atoms with Crippen LogP contribution in [0.3, 0.4) is 0 Å². The van der Waals surface area contributed by atoms with Gasteiger partial charge in [0.25, 0.3) is 0 Å². The Kier molecular flexibility index (Phi) is 2.35. The van der Waals surface area contributed by atoms with Crippen molar-refractivity contribution in [2.75, 3.05) is 7.11 Å². The molecule has 1 heterocycles. The molecule has 0 aliphatic rings. The first-order valence-electron chi connectivity index (χ1n) is 5.57. The van der Waals surface area contributed by atoms with Gasteiger partial charge in [0.1, 0.15) is 39.2 Å². The maximum absolute atomic E-state index is 12.4. The van der Waals surface area contributed by atoms with E-state index in [9.17, 15) is 15.0 Å². The Balaban J connectivity index is 2.62. The predicted octanol–water partition coefficient (Wildman–Crippen LogP) is 2.37. The minimum absolute atomic E-state index is 0.0630. The van der Waals surface area contributed by atoms with Crippen LogP contribution in [0.4, 0.5) is 0 Å². The van der Waals surface area contributed by atoms with Crippen molar-refractivity contribution in [3.05, 3.63) is 40.6 Å². The van der Waals surface area contributed by atoms with E-state index < -0.39 is 5.43 Å². The van der Waals surface area contributed by atoms with Gasteiger partial charge in [-0.05, 0) is 12.1 Å². The molecule has 3 rings (SSSR count). The zero-order valence-electron chi connectivity index (χ0n) is 10.0. The molecule has 0 radical (unpaired) electrons. The molecule has 0 spiro atoms. The molecule has 0 amide bonds. The number of phenolic OH excluding ortho intramolecular Hbond substituents is 2. The lowest BCUT2D eigenvalue weighted by Crippen LogP contribution is -2.04. The second kappa shape index (κ2) is 3.91. The molecule has 3 aromatic rings. The van der Waals surface area contributed by atoms with E-state index in [2.05, 4.69) is 0 Å². The molecule has 0 bridgehead atoms. The molecule has 0 atom stereocenters. The van der Waals surface area contributed by atoms with Crippen LogP contribution in [0.15, 0.2) is 39.5 Å². The number of benzene rings is 2. The number of fused-ring (bicyclic) bond motifs is 2. The Morgan fingerprint density at radius 1 is 1.11 bits per heavy atom. The summed E-state index contributed by atoms with van der Waals surface area (Å²) in [6.07, 6.45) is 0. The summed E-state index contributed by atoms with van der Waals surface area (Å²) in [5.41, 5.74) is 0.0660. The van der Waals surface area contributed by atoms with Crippen LogP contribution in [0.25, 0.3) is 21.9 Å². The van der Waals surface area contributed by atoms with Crippen LogP contribution in [-0.4, -0.2) is 17.3 Å². The van der Waals surface area contributed by atoms with E-state index in [1.165, 1.54) is 25.3 Å². The quantitative estimate of drug-likeness (QED) is 0.655. The van der Waals surface area contributed by atoms with Crippen molar-refractivity contribution >= 4 is 21.9 Å². The van der Waals surface area contributed by atoms with Crippen molar-refractivity contribution in [1.82, 2.24) is 0 Å². The highest BCUT2D eigenvalue weighted by Crippen LogP contribution is 2.32. The number of hydrogen-bond donors (Lipinski definition) is 2. The minimum Gasteiger partial charge on any atom is -0.508 e. The summed E-state index contributed by atoms with van der Waals surface area (Å²) in [7, 11) is 1.39. The van der Waals surface area contributed by atoms with Crippen molar-refractivity contribution in [1.29, 1.82) is 0 Å². The summed E-state index contributed by atoms with van der Waals surface area (Å²) in [4.78, 5) is 12.4. The lowest BCUT2D eigenvalue weighted by atomic mass is 10.1. The largest absolute Gasteiger partial charge is 0.508 e. The molecular formula is C14H10O5. The minimum atomic E-state index is -0.397. The van der Waals surface area contributed by atoms with Crippen LogP contribution in [-0.2, 0) is 0 Å². The smallest absolute Gasteiger partial charge is 0.208 e. The molecule has 96 valence electrons. The van der Waals surface area contributed by atoms with E-state index in [1.807, 2.05) is 0 Å². The second-order valence-corrected chi connectivity index (χ2v) is 4.10. The standard InChI is InChI=1S/C14H10O5/c1-18-10-5-7(15)6-11-13(10)14(17)12-8(16)3-2-4-9(12)19-11/h2-6,15-16H,1H3. The van der Waals surface area contributed by atoms with E-state index >= 15 is 0 Å². The van der Waals surface area contributed by atoms with Crippen molar-refractivity contribution in [3.8, 4) is 17.2 Å². The Labute approximate surface area is 107 Å². The molecule has 5 nitrogen and oxygen atoms in total. The van der Waals surface area contributed by atoms with Gasteiger partial charge in [-0.15, -0.1) is 0 Å². The fourth-order valence-corrected chi connectivity index (χ4v) is 2.12. The Hall–Kier alpha value is -2.69. The average molecular weight is 258 g/mol. The van der Waals surface area contributed by atoms with Crippen LogP contribution in [0.1, 0.15) is 0 Å². The molecule has 0 aliphatic heterocycles. The highest BCUT2D eigenvalue weighted by atomic mass is 16.5. The molecule has 1 aromatic heterocycles. The SMILES string of the molecule is COc1cc(O)cc2oc3cccc(O)c3c(=O)c12. The molecule has 0 saturated heterocycles. The molecule has 19 heavy (non-hydrogen) atoms. The van der Waals surface area contributed by atoms with E-state index in [-0.39, 0.29) is 39.2 Å². The third kappa shape index (κ3) is 1.59. The highest BCUT2D eigenvalue weighted by Gasteiger charge is 2.15. The maximum Gasteiger partial charge on any atom is 0.208 e. The number of ether oxygens (including phenoxy) is 1. The van der Waals surface area contributed by atoms with Gasteiger partial charge < -0.3 is 19.4 Å². The summed E-state index contributed by atoms with van der Waals surface area (Å²) in [5, 5.41) is 19.6. The third-order valence-electron chi connectivity index (χ3n) is 2.95. The summed E-state index contributed by atoms with van der Waals surface area (Å²) in [6, 6.07) is 7.23. The van der Waals surface area contributed by atoms with Gasteiger partial charge in [-0.2, -0.15) is 0 Å². The fraction of sp³-hybridized carbons (Fsp3) is 0.0714. The van der Waals surface area contributed by atoms with Gasteiger partial charge in [-0.25, -0.2) is 0 Å². The molecule has 2 aromatic carbocycles. The van der Waals surface area contributed by atoms with E-state index in [1.54, 1.807) is 12.1 Å².